The molecule has 0 spiro atoms. The Morgan fingerprint density at radius 3 is 2.67 bits per heavy atom. The maximum Gasteiger partial charge on any atom is 0.259 e. The molecule has 0 aliphatic heterocycles. The molecular formula is C22H31N3O2. The minimum Gasteiger partial charge on any atom is -0.497 e. The number of amides is 1. The molecule has 1 aromatic rings. The third kappa shape index (κ3) is 6.27. The summed E-state index contributed by atoms with van der Waals surface area (Å²) >= 11 is 0. The molecule has 0 saturated heterocycles. The number of nitrogens with zero attached hydrogens (tertiary/aromatic N) is 1. The van der Waals surface area contributed by atoms with Crippen LogP contribution in [0.5, 0.6) is 5.75 Å². The van der Waals surface area contributed by atoms with Gasteiger partial charge in [-0.1, -0.05) is 31.6 Å². The van der Waals surface area contributed by atoms with E-state index in [1.807, 2.05) is 37.3 Å². The lowest BCUT2D eigenvalue weighted by Gasteiger charge is -2.36. The van der Waals surface area contributed by atoms with Gasteiger partial charge in [0.25, 0.3) is 5.91 Å². The number of carbonyl (C=O) groups is 1. The molecule has 0 saturated carbocycles. The summed E-state index contributed by atoms with van der Waals surface area (Å²) in [7, 11) is 1.62. The number of hydrogen-bond donors (Lipinski definition) is 2. The zero-order valence-corrected chi connectivity index (χ0v) is 17.0. The molecule has 0 radical (unpaired) electrons. The fourth-order valence-electron chi connectivity index (χ4n) is 3.34. The van der Waals surface area contributed by atoms with Crippen molar-refractivity contribution < 1.29 is 9.53 Å². The minimum absolute atomic E-state index is 0.157. The van der Waals surface area contributed by atoms with Gasteiger partial charge in [-0.15, -0.1) is 0 Å². The van der Waals surface area contributed by atoms with Crippen LogP contribution in [0.4, 0.5) is 5.69 Å². The van der Waals surface area contributed by atoms with Gasteiger partial charge in [0.2, 0.25) is 0 Å². The van der Waals surface area contributed by atoms with E-state index in [1.165, 1.54) is 12.0 Å². The Bertz CT molecular complexity index is 730. The molecule has 1 amide bonds. The highest BCUT2D eigenvalue weighted by molar-refractivity contribution is 5.94. The van der Waals surface area contributed by atoms with E-state index in [1.54, 1.807) is 7.11 Å². The molecule has 5 nitrogen and oxygen atoms in total. The monoisotopic (exact) mass is 369 g/mol. The Kier molecular flexibility index (Phi) is 7.22. The van der Waals surface area contributed by atoms with Crippen LogP contribution in [-0.2, 0) is 4.79 Å². The van der Waals surface area contributed by atoms with E-state index < -0.39 is 0 Å². The molecule has 0 bridgehead atoms. The molecule has 1 aliphatic rings. The molecule has 1 aromatic carbocycles. The van der Waals surface area contributed by atoms with Crippen LogP contribution in [0.2, 0.25) is 0 Å². The Morgan fingerprint density at radius 1 is 1.33 bits per heavy atom. The highest BCUT2D eigenvalue weighted by atomic mass is 16.5. The molecule has 5 heteroatoms. The molecular weight excluding hydrogens is 338 g/mol. The van der Waals surface area contributed by atoms with Crippen molar-refractivity contribution in [2.24, 2.45) is 16.4 Å². The van der Waals surface area contributed by atoms with Crippen molar-refractivity contribution in [3.8, 4) is 5.75 Å². The molecule has 0 heterocycles. The van der Waals surface area contributed by atoms with E-state index in [9.17, 15) is 4.79 Å². The highest BCUT2D eigenvalue weighted by Gasteiger charge is 2.30. The third-order valence-corrected chi connectivity index (χ3v) is 5.02. The summed E-state index contributed by atoms with van der Waals surface area (Å²) in [5.41, 5.74) is 5.88. The van der Waals surface area contributed by atoms with Gasteiger partial charge in [0.05, 0.1) is 19.4 Å². The lowest BCUT2D eigenvalue weighted by molar-refractivity contribution is -0.119. The number of nitrogens with one attached hydrogen (secondary N) is 2. The standard InChI is InChI=1S/C22H31N3O2/c1-16-7-6-14-22(3,4)20(16)13-8-17(2)24-25-21(26)15-23-18-9-11-19(27-5)12-10-18/h7-13,20,23H,6,14-15H2,1-5H3,(H,25,26)/b13-8+,24-17-/t20-/m1/s1. The van der Waals surface area contributed by atoms with E-state index in [4.69, 9.17) is 4.74 Å². The van der Waals surface area contributed by atoms with Crippen LogP contribution in [0.25, 0.3) is 0 Å². The molecule has 1 aliphatic carbocycles. The molecule has 2 N–H and O–H groups in total. The molecule has 2 rings (SSSR count). The van der Waals surface area contributed by atoms with Crippen molar-refractivity contribution in [1.82, 2.24) is 5.43 Å². The normalized spacial score (nSPS) is 19.5. The van der Waals surface area contributed by atoms with Crippen LogP contribution in [-0.4, -0.2) is 25.3 Å². The van der Waals surface area contributed by atoms with E-state index in [0.29, 0.717) is 5.92 Å². The van der Waals surface area contributed by atoms with Crippen molar-refractivity contribution in [3.63, 3.8) is 0 Å². The van der Waals surface area contributed by atoms with E-state index in [2.05, 4.69) is 48.8 Å². The van der Waals surface area contributed by atoms with E-state index in [0.717, 1.165) is 23.6 Å². The summed E-state index contributed by atoms with van der Waals surface area (Å²) < 4.78 is 5.11. The van der Waals surface area contributed by atoms with Crippen molar-refractivity contribution in [1.29, 1.82) is 0 Å². The zero-order valence-electron chi connectivity index (χ0n) is 17.0. The van der Waals surface area contributed by atoms with E-state index in [-0.39, 0.29) is 17.9 Å². The van der Waals surface area contributed by atoms with Crippen LogP contribution in [0.3, 0.4) is 0 Å². The lowest BCUT2D eigenvalue weighted by Crippen LogP contribution is -2.27. The Labute approximate surface area is 162 Å². The molecule has 1 atom stereocenters. The quantitative estimate of drug-likeness (QED) is 0.421. The second-order valence-corrected chi connectivity index (χ2v) is 7.68. The molecule has 0 fully saturated rings. The number of allylic oxidation sites excluding steroid dienone is 4. The average molecular weight is 370 g/mol. The summed E-state index contributed by atoms with van der Waals surface area (Å²) in [4.78, 5) is 12.0. The third-order valence-electron chi connectivity index (χ3n) is 5.02. The Morgan fingerprint density at radius 2 is 2.04 bits per heavy atom. The smallest absolute Gasteiger partial charge is 0.259 e. The molecule has 0 aromatic heterocycles. The highest BCUT2D eigenvalue weighted by Crippen LogP contribution is 2.41. The second-order valence-electron chi connectivity index (χ2n) is 7.68. The largest absolute Gasteiger partial charge is 0.497 e. The van der Waals surface area contributed by atoms with Gasteiger partial charge in [-0.2, -0.15) is 5.10 Å². The molecule has 27 heavy (non-hydrogen) atoms. The van der Waals surface area contributed by atoms with Gasteiger partial charge in [0.1, 0.15) is 5.75 Å². The first kappa shape index (κ1) is 20.7. The number of benzene rings is 1. The number of hydrogen-bond acceptors (Lipinski definition) is 4. The van der Waals surface area contributed by atoms with Crippen LogP contribution >= 0.6 is 0 Å². The van der Waals surface area contributed by atoms with Gasteiger partial charge in [0, 0.05) is 11.6 Å². The van der Waals surface area contributed by atoms with Crippen LogP contribution < -0.4 is 15.5 Å². The maximum absolute atomic E-state index is 12.0. The van der Waals surface area contributed by atoms with Crippen molar-refractivity contribution in [2.75, 3.05) is 19.0 Å². The first-order chi connectivity index (χ1) is 12.8. The van der Waals surface area contributed by atoms with Crippen LogP contribution in [0.15, 0.2) is 53.2 Å². The summed E-state index contributed by atoms with van der Waals surface area (Å²) in [6.45, 7) is 8.84. The minimum atomic E-state index is -0.187. The predicted molar refractivity (Wildman–Crippen MR) is 112 cm³/mol. The zero-order chi connectivity index (χ0) is 19.9. The number of anilines is 1. The van der Waals surface area contributed by atoms with Gasteiger partial charge < -0.3 is 10.1 Å². The topological polar surface area (TPSA) is 62.7 Å². The van der Waals surface area contributed by atoms with E-state index >= 15 is 0 Å². The summed E-state index contributed by atoms with van der Waals surface area (Å²) in [5, 5.41) is 7.23. The average Bonchev–Trinajstić information content (AvgIpc) is 2.64. The SMILES string of the molecule is COc1ccc(NCC(=O)N/N=C(C)\C=C\[C@@H]2C(C)=CCCC2(C)C)cc1. The Balaban J connectivity index is 1.84. The van der Waals surface area contributed by atoms with Crippen LogP contribution in [0, 0.1) is 11.3 Å². The number of rotatable bonds is 7. The second kappa shape index (κ2) is 9.40. The number of hydrazone groups is 1. The Hall–Kier alpha value is -2.56. The van der Waals surface area contributed by atoms with Crippen molar-refractivity contribution >= 4 is 17.3 Å². The first-order valence-electron chi connectivity index (χ1n) is 9.38. The van der Waals surface area contributed by atoms with Gasteiger partial charge in [-0.05, 0) is 62.4 Å². The first-order valence-corrected chi connectivity index (χ1v) is 9.38. The molecule has 0 unspecified atom stereocenters. The predicted octanol–water partition coefficient (Wildman–Crippen LogP) is 4.54. The summed E-state index contributed by atoms with van der Waals surface area (Å²) in [5.74, 6) is 1.000. The van der Waals surface area contributed by atoms with Crippen molar-refractivity contribution in [3.05, 3.63) is 48.1 Å². The van der Waals surface area contributed by atoms with Crippen LogP contribution in [0.1, 0.15) is 40.5 Å². The fraction of sp³-hybridized carbons (Fsp3) is 0.455. The van der Waals surface area contributed by atoms with Gasteiger partial charge in [-0.3, -0.25) is 4.79 Å². The number of methoxy groups -OCH3 is 1. The van der Waals surface area contributed by atoms with Crippen molar-refractivity contribution in [2.45, 2.75) is 40.5 Å². The molecule has 146 valence electrons. The summed E-state index contributed by atoms with van der Waals surface area (Å²) in [6, 6.07) is 7.42. The summed E-state index contributed by atoms with van der Waals surface area (Å²) in [6.07, 6.45) is 8.84. The lowest BCUT2D eigenvalue weighted by atomic mass is 9.68. The van der Waals surface area contributed by atoms with Gasteiger partial charge in [0.15, 0.2) is 0 Å². The maximum atomic E-state index is 12.0. The number of ether oxygens (including phenoxy) is 1. The van der Waals surface area contributed by atoms with Gasteiger partial charge in [-0.25, -0.2) is 5.43 Å². The van der Waals surface area contributed by atoms with Gasteiger partial charge >= 0.3 is 0 Å². The fourth-order valence-corrected chi connectivity index (χ4v) is 3.34. The number of carbonyl (C=O) groups excluding carboxylic acids is 1.